The Morgan fingerprint density at radius 1 is 1.12 bits per heavy atom. The normalized spacial score (nSPS) is 11.7. The van der Waals surface area contributed by atoms with Crippen molar-refractivity contribution in [3.8, 4) is 5.75 Å². The van der Waals surface area contributed by atoms with Gasteiger partial charge >= 0.3 is 0 Å². The van der Waals surface area contributed by atoms with Crippen LogP contribution in [0.3, 0.4) is 0 Å². The van der Waals surface area contributed by atoms with Gasteiger partial charge in [-0.05, 0) is 48.6 Å². The molecule has 1 atom stereocenters. The SMILES string of the molecule is COc1ccccc1NC(=S)NNC(=O)CC(=O)CC(S)Nc1ccc(S(N)(=O)=O)cc1. The van der Waals surface area contributed by atoms with Gasteiger partial charge in [0.1, 0.15) is 11.5 Å². The minimum atomic E-state index is -3.78. The number of ketones is 1. The second kappa shape index (κ2) is 11.7. The van der Waals surface area contributed by atoms with Crippen molar-refractivity contribution in [1.82, 2.24) is 10.9 Å². The molecule has 6 N–H and O–H groups in total. The number of amides is 1. The molecule has 2 aromatic rings. The molecule has 2 aromatic carbocycles. The van der Waals surface area contributed by atoms with Gasteiger partial charge in [-0.3, -0.25) is 20.4 Å². The molecule has 0 spiro atoms. The maximum atomic E-state index is 12.1. The van der Waals surface area contributed by atoms with E-state index >= 15 is 0 Å². The third-order valence-electron chi connectivity index (χ3n) is 3.97. The number of para-hydroxylation sites is 2. The summed E-state index contributed by atoms with van der Waals surface area (Å²) in [6, 6.07) is 12.8. The van der Waals surface area contributed by atoms with Crippen LogP contribution < -0.4 is 31.4 Å². The number of thiol groups is 1. The lowest BCUT2D eigenvalue weighted by atomic mass is 10.2. The molecule has 32 heavy (non-hydrogen) atoms. The van der Waals surface area contributed by atoms with Crippen molar-refractivity contribution in [3.05, 3.63) is 48.5 Å². The van der Waals surface area contributed by atoms with Crippen molar-refractivity contribution in [2.75, 3.05) is 17.7 Å². The van der Waals surface area contributed by atoms with Gasteiger partial charge in [0.05, 0.1) is 29.5 Å². The third-order valence-corrected chi connectivity index (χ3v) is 5.41. The fraction of sp³-hybridized carbons (Fsp3) is 0.211. The van der Waals surface area contributed by atoms with Crippen LogP contribution in [0.1, 0.15) is 12.8 Å². The molecule has 0 saturated carbocycles. The number of Topliss-reactive ketones (excluding diaryl/α,β-unsaturated/α-hetero) is 1. The zero-order valence-corrected chi connectivity index (χ0v) is 19.5. The van der Waals surface area contributed by atoms with E-state index in [-0.39, 0.29) is 28.6 Å². The standard InChI is InChI=1S/C19H23N5O5S3/c1-29-16-5-3-2-4-15(16)22-19(31)24-23-17(26)10-13(25)11-18(30)21-12-6-8-14(9-7-12)32(20,27)28/h2-9,18,21,30H,10-11H2,1H3,(H,23,26)(H2,20,27,28)(H2,22,24,31). The molecule has 0 aliphatic heterocycles. The van der Waals surface area contributed by atoms with Gasteiger partial charge in [0.15, 0.2) is 5.11 Å². The van der Waals surface area contributed by atoms with Crippen molar-refractivity contribution in [2.45, 2.75) is 23.1 Å². The molecule has 13 heteroatoms. The van der Waals surface area contributed by atoms with Crippen molar-refractivity contribution >= 4 is 63.0 Å². The van der Waals surface area contributed by atoms with Gasteiger partial charge in [0.2, 0.25) is 15.9 Å². The number of hydrogen-bond acceptors (Lipinski definition) is 8. The highest BCUT2D eigenvalue weighted by atomic mass is 32.2. The van der Waals surface area contributed by atoms with Crippen LogP contribution in [0.5, 0.6) is 5.75 Å². The number of hydrazine groups is 1. The van der Waals surface area contributed by atoms with E-state index in [2.05, 4.69) is 34.1 Å². The summed E-state index contributed by atoms with van der Waals surface area (Å²) < 4.78 is 27.7. The lowest BCUT2D eigenvalue weighted by molar-refractivity contribution is -0.128. The Morgan fingerprint density at radius 2 is 1.78 bits per heavy atom. The van der Waals surface area contributed by atoms with E-state index in [0.29, 0.717) is 17.1 Å². The molecule has 172 valence electrons. The Hall–Kier alpha value is -2.87. The molecule has 10 nitrogen and oxygen atoms in total. The number of thiocarbonyl (C=S) groups is 1. The predicted molar refractivity (Wildman–Crippen MR) is 129 cm³/mol. The van der Waals surface area contributed by atoms with Gasteiger partial charge in [-0.1, -0.05) is 12.1 Å². The van der Waals surface area contributed by atoms with E-state index in [1.807, 2.05) is 0 Å². The fourth-order valence-corrected chi connectivity index (χ4v) is 3.55. The molecular weight excluding hydrogens is 474 g/mol. The minimum absolute atomic E-state index is 0.0304. The number of primary sulfonamides is 1. The molecule has 0 radical (unpaired) electrons. The summed E-state index contributed by atoms with van der Waals surface area (Å²) in [7, 11) is -2.26. The molecule has 2 rings (SSSR count). The first kappa shape index (κ1) is 25.4. The number of ether oxygens (including phenoxy) is 1. The average Bonchev–Trinajstić information content (AvgIpc) is 2.72. The summed E-state index contributed by atoms with van der Waals surface area (Å²) in [5.74, 6) is -0.358. The highest BCUT2D eigenvalue weighted by Crippen LogP contribution is 2.22. The summed E-state index contributed by atoms with van der Waals surface area (Å²) in [6.45, 7) is 0. The average molecular weight is 498 g/mol. The molecule has 0 aromatic heterocycles. The summed E-state index contributed by atoms with van der Waals surface area (Å²) >= 11 is 9.39. The first-order valence-electron chi connectivity index (χ1n) is 9.16. The number of methoxy groups -OCH3 is 1. The quantitative estimate of drug-likeness (QED) is 0.0992. The number of carbonyl (C=O) groups is 2. The number of sulfonamides is 1. The number of benzene rings is 2. The van der Waals surface area contributed by atoms with Gasteiger partial charge in [-0.2, -0.15) is 12.6 Å². The summed E-state index contributed by atoms with van der Waals surface area (Å²) in [5, 5.41) is 10.4. The van der Waals surface area contributed by atoms with Gasteiger partial charge in [-0.25, -0.2) is 13.6 Å². The lowest BCUT2D eigenvalue weighted by Gasteiger charge is -2.15. The smallest absolute Gasteiger partial charge is 0.245 e. The second-order valence-corrected chi connectivity index (χ2v) is 9.07. The minimum Gasteiger partial charge on any atom is -0.495 e. The highest BCUT2D eigenvalue weighted by molar-refractivity contribution is 7.89. The number of anilines is 2. The largest absolute Gasteiger partial charge is 0.495 e. The molecular formula is C19H23N5O5S3. The van der Waals surface area contributed by atoms with Crippen LogP contribution in [0.15, 0.2) is 53.4 Å². The molecule has 0 aliphatic rings. The fourth-order valence-electron chi connectivity index (χ4n) is 2.52. The van der Waals surface area contributed by atoms with Crippen LogP contribution in [0.4, 0.5) is 11.4 Å². The summed E-state index contributed by atoms with van der Waals surface area (Å²) in [6.07, 6.45) is -0.426. The number of carbonyl (C=O) groups excluding carboxylic acids is 2. The highest BCUT2D eigenvalue weighted by Gasteiger charge is 2.15. The van der Waals surface area contributed by atoms with Gasteiger partial charge in [0, 0.05) is 12.1 Å². The second-order valence-electron chi connectivity index (χ2n) is 6.48. The van der Waals surface area contributed by atoms with E-state index in [4.69, 9.17) is 22.1 Å². The van der Waals surface area contributed by atoms with Crippen molar-refractivity contribution in [3.63, 3.8) is 0 Å². The van der Waals surface area contributed by atoms with Crippen LogP contribution >= 0.6 is 24.8 Å². The van der Waals surface area contributed by atoms with Crippen molar-refractivity contribution < 1.29 is 22.7 Å². The maximum Gasteiger partial charge on any atom is 0.245 e. The Bertz CT molecular complexity index is 1080. The zero-order valence-electron chi connectivity index (χ0n) is 17.0. The molecule has 1 unspecified atom stereocenters. The van der Waals surface area contributed by atoms with Crippen LogP contribution in [0.25, 0.3) is 0 Å². The molecule has 0 saturated heterocycles. The predicted octanol–water partition coefficient (Wildman–Crippen LogP) is 1.38. The Labute approximate surface area is 196 Å². The van der Waals surface area contributed by atoms with Crippen LogP contribution in [-0.4, -0.2) is 37.7 Å². The number of hydrogen-bond donors (Lipinski definition) is 6. The Morgan fingerprint density at radius 3 is 2.41 bits per heavy atom. The number of nitrogens with two attached hydrogens (primary N) is 1. The lowest BCUT2D eigenvalue weighted by Crippen LogP contribution is -2.44. The van der Waals surface area contributed by atoms with Crippen LogP contribution in [0.2, 0.25) is 0 Å². The topological polar surface area (TPSA) is 152 Å². The van der Waals surface area contributed by atoms with Crippen LogP contribution in [-0.2, 0) is 19.6 Å². The molecule has 0 bridgehead atoms. The molecule has 0 aliphatic carbocycles. The van der Waals surface area contributed by atoms with Crippen molar-refractivity contribution in [1.29, 1.82) is 0 Å². The first-order chi connectivity index (χ1) is 15.1. The maximum absolute atomic E-state index is 12.1. The van der Waals surface area contributed by atoms with Gasteiger partial charge < -0.3 is 15.4 Å². The summed E-state index contributed by atoms with van der Waals surface area (Å²) in [5.41, 5.74) is 6.02. The van der Waals surface area contributed by atoms with Crippen LogP contribution in [0, 0.1) is 0 Å². The molecule has 0 heterocycles. The monoisotopic (exact) mass is 497 g/mol. The third kappa shape index (κ3) is 8.34. The van der Waals surface area contributed by atoms with E-state index in [9.17, 15) is 18.0 Å². The number of rotatable bonds is 9. The Kier molecular flexibility index (Phi) is 9.26. The first-order valence-corrected chi connectivity index (χ1v) is 11.6. The zero-order chi connectivity index (χ0) is 23.7. The molecule has 1 amide bonds. The van der Waals surface area contributed by atoms with Gasteiger partial charge in [0.25, 0.3) is 0 Å². The summed E-state index contributed by atoms with van der Waals surface area (Å²) in [4.78, 5) is 24.1. The van der Waals surface area contributed by atoms with E-state index in [0.717, 1.165) is 0 Å². The van der Waals surface area contributed by atoms with E-state index in [1.54, 1.807) is 24.3 Å². The number of nitrogens with one attached hydrogen (secondary N) is 4. The van der Waals surface area contributed by atoms with E-state index < -0.39 is 21.3 Å². The Balaban J connectivity index is 1.75. The van der Waals surface area contributed by atoms with Gasteiger partial charge in [-0.15, -0.1) is 0 Å². The van der Waals surface area contributed by atoms with E-state index in [1.165, 1.54) is 31.4 Å². The van der Waals surface area contributed by atoms with Crippen molar-refractivity contribution in [2.24, 2.45) is 5.14 Å². The molecule has 0 fully saturated rings.